The van der Waals surface area contributed by atoms with Gasteiger partial charge in [0.2, 0.25) is 11.5 Å². The number of esters is 4. The Morgan fingerprint density at radius 1 is 0.727 bits per heavy atom. The number of rotatable bonds is 5. The maximum Gasteiger partial charge on any atom is 0.308 e. The largest absolute Gasteiger partial charge is 0.448 e. The van der Waals surface area contributed by atoms with Gasteiger partial charge in [0, 0.05) is 27.7 Å². The minimum atomic E-state index is -0.711. The molecule has 0 unspecified atom stereocenters. The molecule has 0 N–H and O–H groups in total. The molecule has 1 aliphatic heterocycles. The Bertz CT molecular complexity index is 1220. The lowest BCUT2D eigenvalue weighted by Gasteiger charge is -2.11. The average molecular weight is 454 g/mol. The molecule has 0 amide bonds. The molecule has 1 aliphatic rings. The van der Waals surface area contributed by atoms with Crippen LogP contribution in [-0.2, 0) is 19.2 Å². The third kappa shape index (κ3) is 5.42. The smallest absolute Gasteiger partial charge is 0.308 e. The maximum atomic E-state index is 12.9. The highest BCUT2D eigenvalue weighted by atomic mass is 16.6. The Hall–Kier alpha value is -4.47. The summed E-state index contributed by atoms with van der Waals surface area (Å²) in [5.41, 5.74) is 0.470. The second-order valence-corrected chi connectivity index (χ2v) is 6.79. The summed E-state index contributed by atoms with van der Waals surface area (Å²) in [6.45, 7) is 4.69. The van der Waals surface area contributed by atoms with Crippen molar-refractivity contribution in [3.8, 4) is 28.7 Å². The number of allylic oxidation sites excluding steroid dienone is 1. The quantitative estimate of drug-likeness (QED) is 0.377. The van der Waals surface area contributed by atoms with Crippen LogP contribution in [0.2, 0.25) is 0 Å². The van der Waals surface area contributed by atoms with Crippen LogP contribution in [0, 0.1) is 0 Å². The molecule has 10 nitrogen and oxygen atoms in total. The first-order valence-electron chi connectivity index (χ1n) is 9.54. The molecule has 10 heteroatoms. The van der Waals surface area contributed by atoms with Gasteiger partial charge in [0.1, 0.15) is 0 Å². The zero-order chi connectivity index (χ0) is 24.3. The number of benzene rings is 2. The molecule has 0 saturated carbocycles. The molecule has 0 saturated heterocycles. The Morgan fingerprint density at radius 3 is 1.88 bits per heavy atom. The van der Waals surface area contributed by atoms with Crippen molar-refractivity contribution >= 4 is 35.7 Å². The van der Waals surface area contributed by atoms with Crippen molar-refractivity contribution in [2.75, 3.05) is 0 Å². The van der Waals surface area contributed by atoms with Gasteiger partial charge in [0.05, 0.1) is 5.56 Å². The van der Waals surface area contributed by atoms with Crippen LogP contribution in [0.4, 0.5) is 0 Å². The SMILES string of the molecule is CC(=O)Oc1ccc(C=C2Oc3c(ccc(OC(C)=O)c3OC(C)=O)C2=O)cc1OC(C)=O. The number of carbonyl (C=O) groups is 5. The van der Waals surface area contributed by atoms with E-state index in [1.54, 1.807) is 0 Å². The summed E-state index contributed by atoms with van der Waals surface area (Å²) < 4.78 is 25.9. The fourth-order valence-corrected chi connectivity index (χ4v) is 2.92. The van der Waals surface area contributed by atoms with Gasteiger partial charge in [0.15, 0.2) is 28.8 Å². The standard InChI is InChI=1S/C23H18O10/c1-11(24)29-17-7-5-15(9-19(17)31-13(3)26)10-20-21(28)16-6-8-18(30-12(2)25)23(22(16)33-20)32-14(4)27/h5-10H,1-4H3. The lowest BCUT2D eigenvalue weighted by atomic mass is 10.1. The summed E-state index contributed by atoms with van der Waals surface area (Å²) in [6, 6.07) is 6.97. The first kappa shape index (κ1) is 23.2. The van der Waals surface area contributed by atoms with Gasteiger partial charge in [0.25, 0.3) is 0 Å². The molecule has 0 aliphatic carbocycles. The normalized spacial score (nSPS) is 13.1. The molecule has 0 fully saturated rings. The fourth-order valence-electron chi connectivity index (χ4n) is 2.92. The van der Waals surface area contributed by atoms with Crippen LogP contribution in [0.15, 0.2) is 36.1 Å². The van der Waals surface area contributed by atoms with E-state index in [2.05, 4.69) is 0 Å². The highest BCUT2D eigenvalue weighted by Gasteiger charge is 2.33. The van der Waals surface area contributed by atoms with Gasteiger partial charge in [-0.2, -0.15) is 0 Å². The van der Waals surface area contributed by atoms with Gasteiger partial charge in [-0.05, 0) is 35.9 Å². The van der Waals surface area contributed by atoms with Gasteiger partial charge in [-0.25, -0.2) is 0 Å². The van der Waals surface area contributed by atoms with Gasteiger partial charge in [-0.15, -0.1) is 0 Å². The van der Waals surface area contributed by atoms with Crippen LogP contribution >= 0.6 is 0 Å². The molecule has 0 radical (unpaired) electrons. The van der Waals surface area contributed by atoms with Crippen molar-refractivity contribution < 1.29 is 47.7 Å². The van der Waals surface area contributed by atoms with Crippen molar-refractivity contribution in [3.05, 3.63) is 47.2 Å². The second kappa shape index (κ2) is 9.35. The van der Waals surface area contributed by atoms with Gasteiger partial charge in [-0.1, -0.05) is 6.07 Å². The van der Waals surface area contributed by atoms with Gasteiger partial charge < -0.3 is 23.7 Å². The lowest BCUT2D eigenvalue weighted by molar-refractivity contribution is -0.134. The highest BCUT2D eigenvalue weighted by Crippen LogP contribution is 2.46. The van der Waals surface area contributed by atoms with Crippen molar-refractivity contribution in [1.29, 1.82) is 0 Å². The molecule has 33 heavy (non-hydrogen) atoms. The number of ether oxygens (including phenoxy) is 5. The molecule has 0 aromatic heterocycles. The van der Waals surface area contributed by atoms with E-state index in [0.29, 0.717) is 5.56 Å². The van der Waals surface area contributed by atoms with Crippen LogP contribution in [0.3, 0.4) is 0 Å². The monoisotopic (exact) mass is 454 g/mol. The van der Waals surface area contributed by atoms with Crippen LogP contribution in [0.5, 0.6) is 28.7 Å². The maximum absolute atomic E-state index is 12.9. The van der Waals surface area contributed by atoms with Crippen LogP contribution in [0.1, 0.15) is 43.6 Å². The van der Waals surface area contributed by atoms with Crippen molar-refractivity contribution in [3.63, 3.8) is 0 Å². The molecule has 170 valence electrons. The third-order valence-corrected chi connectivity index (χ3v) is 4.03. The zero-order valence-electron chi connectivity index (χ0n) is 18.0. The van der Waals surface area contributed by atoms with Crippen LogP contribution < -0.4 is 23.7 Å². The average Bonchev–Trinajstić information content (AvgIpc) is 3.00. The Kier molecular flexibility index (Phi) is 6.57. The number of hydrogen-bond acceptors (Lipinski definition) is 10. The molecule has 0 bridgehead atoms. The summed E-state index contributed by atoms with van der Waals surface area (Å²) in [5.74, 6) is -3.68. The Balaban J connectivity index is 2.02. The lowest BCUT2D eigenvalue weighted by Crippen LogP contribution is -2.08. The summed E-state index contributed by atoms with van der Waals surface area (Å²) in [4.78, 5) is 58.5. The van der Waals surface area contributed by atoms with E-state index in [9.17, 15) is 24.0 Å². The number of carbonyl (C=O) groups excluding carboxylic acids is 5. The molecule has 2 aromatic carbocycles. The van der Waals surface area contributed by atoms with E-state index in [-0.39, 0.29) is 40.1 Å². The minimum absolute atomic E-state index is 0.0185. The van der Waals surface area contributed by atoms with E-state index in [1.165, 1.54) is 57.2 Å². The summed E-state index contributed by atoms with van der Waals surface area (Å²) in [6.07, 6.45) is 1.36. The number of fused-ring (bicyclic) bond motifs is 1. The predicted molar refractivity (Wildman–Crippen MR) is 111 cm³/mol. The van der Waals surface area contributed by atoms with Crippen molar-refractivity contribution in [2.24, 2.45) is 0 Å². The van der Waals surface area contributed by atoms with Crippen molar-refractivity contribution in [2.45, 2.75) is 27.7 Å². The first-order valence-corrected chi connectivity index (χ1v) is 9.54. The zero-order valence-corrected chi connectivity index (χ0v) is 18.0. The number of ketones is 1. The number of hydrogen-bond donors (Lipinski definition) is 0. The van der Waals surface area contributed by atoms with E-state index >= 15 is 0 Å². The molecular weight excluding hydrogens is 436 g/mol. The van der Waals surface area contributed by atoms with Crippen LogP contribution in [0.25, 0.3) is 6.08 Å². The molecular formula is C23H18O10. The minimum Gasteiger partial charge on any atom is -0.448 e. The van der Waals surface area contributed by atoms with Gasteiger partial charge >= 0.3 is 23.9 Å². The Labute approximate surface area is 187 Å². The fraction of sp³-hybridized carbons (Fsp3) is 0.174. The van der Waals surface area contributed by atoms with E-state index in [0.717, 1.165) is 6.92 Å². The van der Waals surface area contributed by atoms with Crippen LogP contribution in [-0.4, -0.2) is 29.7 Å². The molecule has 0 spiro atoms. The molecule has 1 heterocycles. The van der Waals surface area contributed by atoms with E-state index in [1.807, 2.05) is 0 Å². The van der Waals surface area contributed by atoms with Crippen molar-refractivity contribution in [1.82, 2.24) is 0 Å². The topological polar surface area (TPSA) is 132 Å². The van der Waals surface area contributed by atoms with E-state index < -0.39 is 29.7 Å². The summed E-state index contributed by atoms with van der Waals surface area (Å²) in [7, 11) is 0. The third-order valence-electron chi connectivity index (χ3n) is 4.03. The van der Waals surface area contributed by atoms with Gasteiger partial charge in [-0.3, -0.25) is 24.0 Å². The predicted octanol–water partition coefficient (Wildman–Crippen LogP) is 3.00. The molecule has 2 aromatic rings. The highest BCUT2D eigenvalue weighted by molar-refractivity contribution is 6.15. The molecule has 0 atom stereocenters. The number of Topliss-reactive ketones (excluding diaryl/α,β-unsaturated/α-hetero) is 1. The Morgan fingerprint density at radius 2 is 1.27 bits per heavy atom. The summed E-state index contributed by atoms with van der Waals surface area (Å²) >= 11 is 0. The molecule has 3 rings (SSSR count). The summed E-state index contributed by atoms with van der Waals surface area (Å²) in [5, 5.41) is 0. The van der Waals surface area contributed by atoms with E-state index in [4.69, 9.17) is 23.7 Å². The second-order valence-electron chi connectivity index (χ2n) is 6.79. The first-order chi connectivity index (χ1) is 15.5.